The number of hydrogen-bond donors (Lipinski definition) is 1. The third kappa shape index (κ3) is 1.79. The van der Waals surface area contributed by atoms with Gasteiger partial charge in [-0.25, -0.2) is 8.42 Å². The van der Waals surface area contributed by atoms with Crippen molar-refractivity contribution in [2.45, 2.75) is 29.7 Å². The van der Waals surface area contributed by atoms with Crippen molar-refractivity contribution in [3.63, 3.8) is 0 Å². The monoisotopic (exact) mass is 225 g/mol. The summed E-state index contributed by atoms with van der Waals surface area (Å²) < 4.78 is 22.5. The predicted molar refractivity (Wildman–Crippen MR) is 59.5 cm³/mol. The normalized spacial score (nSPS) is 30.2. The van der Waals surface area contributed by atoms with Gasteiger partial charge in [0, 0.05) is 17.7 Å². The van der Waals surface area contributed by atoms with Crippen molar-refractivity contribution in [2.24, 2.45) is 5.73 Å². The molecule has 2 N–H and O–H groups in total. The molecular formula is C11H15NO2S. The molecule has 0 heterocycles. The van der Waals surface area contributed by atoms with Crippen molar-refractivity contribution < 1.29 is 8.42 Å². The quantitative estimate of drug-likeness (QED) is 0.819. The van der Waals surface area contributed by atoms with Gasteiger partial charge in [-0.2, -0.15) is 0 Å². The number of rotatable bonds is 2. The van der Waals surface area contributed by atoms with Crippen LogP contribution in [0.2, 0.25) is 0 Å². The zero-order chi connectivity index (χ0) is 11.3. The van der Waals surface area contributed by atoms with E-state index in [1.165, 1.54) is 6.26 Å². The van der Waals surface area contributed by atoms with Crippen molar-refractivity contribution in [1.29, 1.82) is 0 Å². The van der Waals surface area contributed by atoms with Gasteiger partial charge in [-0.3, -0.25) is 0 Å². The smallest absolute Gasteiger partial charge is 0.175 e. The molecule has 2 unspecified atom stereocenters. The van der Waals surface area contributed by atoms with E-state index in [0.29, 0.717) is 4.90 Å². The van der Waals surface area contributed by atoms with Crippen molar-refractivity contribution in [2.75, 3.05) is 6.26 Å². The van der Waals surface area contributed by atoms with Crippen molar-refractivity contribution in [1.82, 2.24) is 0 Å². The van der Waals surface area contributed by atoms with E-state index in [1.54, 1.807) is 12.1 Å². The topological polar surface area (TPSA) is 60.2 Å². The average Bonchev–Trinajstić information content (AvgIpc) is 2.75. The summed E-state index contributed by atoms with van der Waals surface area (Å²) in [5.41, 5.74) is 7.02. The highest BCUT2D eigenvalue weighted by molar-refractivity contribution is 7.90. The van der Waals surface area contributed by atoms with Crippen LogP contribution in [0.15, 0.2) is 29.2 Å². The molecule has 15 heavy (non-hydrogen) atoms. The highest BCUT2D eigenvalue weighted by atomic mass is 32.2. The van der Waals surface area contributed by atoms with Crippen LogP contribution < -0.4 is 5.73 Å². The summed E-state index contributed by atoms with van der Waals surface area (Å²) in [6.07, 6.45) is 2.19. The molecule has 2 rings (SSSR count). The standard InChI is InChI=1S/C11H15NO2S/c1-11(7-10(11)12)8-3-5-9(6-4-8)15(2,13)14/h3-6,10H,7,12H2,1-2H3. The van der Waals surface area contributed by atoms with Crippen LogP contribution in [-0.4, -0.2) is 20.7 Å². The molecule has 1 aromatic carbocycles. The van der Waals surface area contributed by atoms with Crippen molar-refractivity contribution in [3.05, 3.63) is 29.8 Å². The Morgan fingerprint density at radius 2 is 1.80 bits per heavy atom. The molecular weight excluding hydrogens is 210 g/mol. The van der Waals surface area contributed by atoms with E-state index < -0.39 is 9.84 Å². The first-order chi connectivity index (χ1) is 6.84. The molecule has 1 fully saturated rings. The van der Waals surface area contributed by atoms with E-state index in [2.05, 4.69) is 6.92 Å². The Morgan fingerprint density at radius 3 is 2.13 bits per heavy atom. The van der Waals surface area contributed by atoms with Crippen LogP contribution in [0.3, 0.4) is 0 Å². The van der Waals surface area contributed by atoms with E-state index in [0.717, 1.165) is 12.0 Å². The Morgan fingerprint density at radius 1 is 1.33 bits per heavy atom. The lowest BCUT2D eigenvalue weighted by molar-refractivity contribution is 0.601. The maximum absolute atomic E-state index is 11.2. The summed E-state index contributed by atoms with van der Waals surface area (Å²) in [5, 5.41) is 0. The lowest BCUT2D eigenvalue weighted by atomic mass is 9.98. The van der Waals surface area contributed by atoms with Gasteiger partial charge >= 0.3 is 0 Å². The number of hydrogen-bond acceptors (Lipinski definition) is 3. The average molecular weight is 225 g/mol. The minimum Gasteiger partial charge on any atom is -0.327 e. The SMILES string of the molecule is CC1(c2ccc(S(C)(=O)=O)cc2)CC1N. The molecule has 0 radical (unpaired) electrons. The maximum Gasteiger partial charge on any atom is 0.175 e. The van der Waals surface area contributed by atoms with Gasteiger partial charge in [0.2, 0.25) is 0 Å². The van der Waals surface area contributed by atoms with Gasteiger partial charge in [0.15, 0.2) is 9.84 Å². The molecule has 0 saturated heterocycles. The summed E-state index contributed by atoms with van der Waals surface area (Å²) in [7, 11) is -3.09. The van der Waals surface area contributed by atoms with Gasteiger partial charge < -0.3 is 5.73 Å². The summed E-state index contributed by atoms with van der Waals surface area (Å²) in [6, 6.07) is 7.25. The largest absolute Gasteiger partial charge is 0.327 e. The molecule has 0 spiro atoms. The van der Waals surface area contributed by atoms with E-state index in [1.807, 2.05) is 12.1 Å². The van der Waals surface area contributed by atoms with Crippen LogP contribution in [0.25, 0.3) is 0 Å². The number of benzene rings is 1. The van der Waals surface area contributed by atoms with Crippen molar-refractivity contribution >= 4 is 9.84 Å². The molecule has 3 nitrogen and oxygen atoms in total. The van der Waals surface area contributed by atoms with Gasteiger partial charge in [0.1, 0.15) is 0 Å². The van der Waals surface area contributed by atoms with Crippen LogP contribution >= 0.6 is 0 Å². The van der Waals surface area contributed by atoms with Gasteiger partial charge in [0.05, 0.1) is 4.90 Å². The fourth-order valence-electron chi connectivity index (χ4n) is 1.81. The molecule has 0 aliphatic heterocycles. The fourth-order valence-corrected chi connectivity index (χ4v) is 2.44. The second kappa shape index (κ2) is 3.06. The first-order valence-corrected chi connectivity index (χ1v) is 6.79. The second-order valence-corrected chi connectivity index (χ2v) is 6.54. The second-order valence-electron chi connectivity index (χ2n) is 4.52. The number of sulfone groups is 1. The molecule has 4 heteroatoms. The Labute approximate surface area is 90.2 Å². The highest BCUT2D eigenvalue weighted by Gasteiger charge is 2.48. The van der Waals surface area contributed by atoms with E-state index in [4.69, 9.17) is 5.73 Å². The zero-order valence-corrected chi connectivity index (χ0v) is 9.71. The van der Waals surface area contributed by atoms with Crippen LogP contribution in [0.4, 0.5) is 0 Å². The van der Waals surface area contributed by atoms with Gasteiger partial charge in [-0.1, -0.05) is 19.1 Å². The van der Waals surface area contributed by atoms with Gasteiger partial charge in [0.25, 0.3) is 0 Å². The molecule has 0 aromatic heterocycles. The van der Waals surface area contributed by atoms with E-state index in [-0.39, 0.29) is 11.5 Å². The van der Waals surface area contributed by atoms with Crippen LogP contribution in [0, 0.1) is 0 Å². The minimum atomic E-state index is -3.09. The minimum absolute atomic E-state index is 0.0516. The lowest BCUT2D eigenvalue weighted by Gasteiger charge is -2.10. The van der Waals surface area contributed by atoms with Crippen LogP contribution in [0.1, 0.15) is 18.9 Å². The Hall–Kier alpha value is -0.870. The third-order valence-electron chi connectivity index (χ3n) is 3.24. The zero-order valence-electron chi connectivity index (χ0n) is 8.90. The fraction of sp³-hybridized carbons (Fsp3) is 0.455. The van der Waals surface area contributed by atoms with E-state index >= 15 is 0 Å². The molecule has 82 valence electrons. The number of nitrogens with two attached hydrogens (primary N) is 1. The Bertz CT molecular complexity index is 478. The Balaban J connectivity index is 2.34. The molecule has 0 amide bonds. The van der Waals surface area contributed by atoms with Crippen LogP contribution in [0.5, 0.6) is 0 Å². The van der Waals surface area contributed by atoms with E-state index in [9.17, 15) is 8.42 Å². The molecule has 0 bridgehead atoms. The van der Waals surface area contributed by atoms with Crippen LogP contribution in [-0.2, 0) is 15.3 Å². The molecule has 1 aliphatic rings. The first kappa shape index (κ1) is 10.6. The summed E-state index contributed by atoms with van der Waals surface area (Å²) in [5.74, 6) is 0. The molecule has 1 saturated carbocycles. The molecule has 1 aliphatic carbocycles. The summed E-state index contributed by atoms with van der Waals surface area (Å²) >= 11 is 0. The first-order valence-electron chi connectivity index (χ1n) is 4.90. The van der Waals surface area contributed by atoms with Crippen molar-refractivity contribution in [3.8, 4) is 0 Å². The third-order valence-corrected chi connectivity index (χ3v) is 4.37. The maximum atomic E-state index is 11.2. The molecule has 1 aromatic rings. The summed E-state index contributed by atoms with van der Waals surface area (Å²) in [6.45, 7) is 2.10. The predicted octanol–water partition coefficient (Wildman–Crippen LogP) is 1.08. The van der Waals surface area contributed by atoms with Gasteiger partial charge in [-0.15, -0.1) is 0 Å². The Kier molecular flexibility index (Phi) is 2.17. The summed E-state index contributed by atoms with van der Waals surface area (Å²) in [4.78, 5) is 0.365. The highest BCUT2D eigenvalue weighted by Crippen LogP contribution is 2.46. The lowest BCUT2D eigenvalue weighted by Crippen LogP contribution is -2.14. The molecule has 2 atom stereocenters. The van der Waals surface area contributed by atoms with Gasteiger partial charge in [-0.05, 0) is 24.1 Å².